The smallest absolute Gasteiger partial charge is 0.411 e. The Hall–Kier alpha value is -4.19. The highest BCUT2D eigenvalue weighted by Crippen LogP contribution is 2.47. The SMILES string of the molecule is Cc1cnc(Nc2ccc3c(c2)CCN(C(=O)OC(C)(C)C)C3(C)C)nc1Nc1cccc(C2(C#N)CC2)n1. The Kier molecular flexibility index (Phi) is 6.45. The molecule has 1 amide bonds. The first-order valence-electron chi connectivity index (χ1n) is 13.3. The molecule has 5 rings (SSSR count). The summed E-state index contributed by atoms with van der Waals surface area (Å²) in [5, 5.41) is 16.1. The second kappa shape index (κ2) is 9.53. The minimum absolute atomic E-state index is 0.298. The summed E-state index contributed by atoms with van der Waals surface area (Å²) >= 11 is 0. The van der Waals surface area contributed by atoms with Crippen molar-refractivity contribution in [2.75, 3.05) is 17.2 Å². The summed E-state index contributed by atoms with van der Waals surface area (Å²) in [7, 11) is 0. The van der Waals surface area contributed by atoms with Crippen LogP contribution in [0.25, 0.3) is 0 Å². The Balaban J connectivity index is 1.33. The molecule has 1 aromatic carbocycles. The van der Waals surface area contributed by atoms with Crippen LogP contribution in [0.4, 0.5) is 28.1 Å². The Morgan fingerprint density at radius 1 is 1.13 bits per heavy atom. The molecule has 2 N–H and O–H groups in total. The number of amides is 1. The van der Waals surface area contributed by atoms with Gasteiger partial charge in [-0.3, -0.25) is 4.90 Å². The van der Waals surface area contributed by atoms with E-state index in [2.05, 4.69) is 38.8 Å². The van der Waals surface area contributed by atoms with Crippen molar-refractivity contribution in [1.82, 2.24) is 19.9 Å². The fourth-order valence-electron chi connectivity index (χ4n) is 4.97. The van der Waals surface area contributed by atoms with E-state index in [9.17, 15) is 10.1 Å². The minimum Gasteiger partial charge on any atom is -0.444 e. The largest absolute Gasteiger partial charge is 0.444 e. The maximum Gasteiger partial charge on any atom is 0.411 e. The molecular formula is C30H35N7O2. The molecule has 3 heterocycles. The molecule has 1 aliphatic carbocycles. The van der Waals surface area contributed by atoms with Crippen molar-refractivity contribution in [3.05, 3.63) is 65.0 Å². The maximum atomic E-state index is 12.9. The van der Waals surface area contributed by atoms with Gasteiger partial charge in [0.05, 0.1) is 22.7 Å². The molecule has 0 bridgehead atoms. The van der Waals surface area contributed by atoms with Crippen LogP contribution in [-0.2, 0) is 22.1 Å². The van der Waals surface area contributed by atoms with Crippen molar-refractivity contribution in [2.45, 2.75) is 77.4 Å². The Morgan fingerprint density at radius 3 is 2.59 bits per heavy atom. The van der Waals surface area contributed by atoms with Crippen LogP contribution in [-0.4, -0.2) is 38.1 Å². The van der Waals surface area contributed by atoms with Crippen LogP contribution in [0.5, 0.6) is 0 Å². The average Bonchev–Trinajstić information content (AvgIpc) is 3.66. The van der Waals surface area contributed by atoms with Gasteiger partial charge < -0.3 is 15.4 Å². The summed E-state index contributed by atoms with van der Waals surface area (Å²) in [6, 6.07) is 14.2. The van der Waals surface area contributed by atoms with Crippen LogP contribution < -0.4 is 10.6 Å². The quantitative estimate of drug-likeness (QED) is 0.401. The predicted octanol–water partition coefficient (Wildman–Crippen LogP) is 6.25. The molecular weight excluding hydrogens is 490 g/mol. The Labute approximate surface area is 229 Å². The number of aromatic nitrogens is 3. The lowest BCUT2D eigenvalue weighted by Gasteiger charge is -2.44. The van der Waals surface area contributed by atoms with E-state index < -0.39 is 16.6 Å². The zero-order valence-corrected chi connectivity index (χ0v) is 23.4. The number of nitrogens with zero attached hydrogens (tertiary/aromatic N) is 5. The normalized spacial score (nSPS) is 17.0. The minimum atomic E-state index is -0.544. The molecule has 2 aliphatic rings. The fourth-order valence-corrected chi connectivity index (χ4v) is 4.97. The zero-order chi connectivity index (χ0) is 28.0. The highest BCUT2D eigenvalue weighted by atomic mass is 16.6. The van der Waals surface area contributed by atoms with Crippen LogP contribution in [0, 0.1) is 18.3 Å². The second-order valence-corrected chi connectivity index (χ2v) is 11.9. The highest BCUT2D eigenvalue weighted by Gasteiger charge is 2.46. The molecule has 0 radical (unpaired) electrons. The summed E-state index contributed by atoms with van der Waals surface area (Å²) < 4.78 is 5.66. The number of fused-ring (bicyclic) bond motifs is 1. The van der Waals surface area contributed by atoms with E-state index in [0.29, 0.717) is 24.1 Å². The number of hydrogen-bond acceptors (Lipinski definition) is 8. The predicted molar refractivity (Wildman–Crippen MR) is 150 cm³/mol. The number of anilines is 4. The number of carbonyl (C=O) groups excluding carboxylic acids is 1. The number of nitriles is 1. The van der Waals surface area contributed by atoms with Gasteiger partial charge in [-0.15, -0.1) is 0 Å². The molecule has 3 aromatic rings. The lowest BCUT2D eigenvalue weighted by molar-refractivity contribution is -0.000300. The summed E-state index contributed by atoms with van der Waals surface area (Å²) in [6.07, 6.45) is 3.88. The number of ether oxygens (including phenoxy) is 1. The van der Waals surface area contributed by atoms with E-state index >= 15 is 0 Å². The van der Waals surface area contributed by atoms with Crippen LogP contribution in [0.2, 0.25) is 0 Å². The van der Waals surface area contributed by atoms with Crippen LogP contribution in [0.15, 0.2) is 42.6 Å². The van der Waals surface area contributed by atoms with Gasteiger partial charge in [0.2, 0.25) is 5.95 Å². The van der Waals surface area contributed by atoms with Crippen molar-refractivity contribution >= 4 is 29.4 Å². The van der Waals surface area contributed by atoms with Crippen molar-refractivity contribution in [2.24, 2.45) is 0 Å². The number of pyridine rings is 1. The standard InChI is InChI=1S/C30H35N7O2/c1-19-17-32-26(36-25(19)35-24-9-7-8-23(34-24)30(18-31)13-14-30)33-21-10-11-22-20(16-21)12-15-37(29(22,5)6)27(38)39-28(2,3)4/h7-11,16-17H,12-15H2,1-6H3,(H2,32,33,34,35,36). The van der Waals surface area contributed by atoms with Crippen LogP contribution in [0.3, 0.4) is 0 Å². The number of aryl methyl sites for hydroxylation is 1. The van der Waals surface area contributed by atoms with Gasteiger partial charge in [0, 0.05) is 24.0 Å². The van der Waals surface area contributed by atoms with Gasteiger partial charge in [0.1, 0.15) is 17.2 Å². The summed E-state index contributed by atoms with van der Waals surface area (Å²) in [4.78, 5) is 28.5. The second-order valence-electron chi connectivity index (χ2n) is 11.9. The summed E-state index contributed by atoms with van der Waals surface area (Å²) in [5.41, 5.74) is 3.31. The summed E-state index contributed by atoms with van der Waals surface area (Å²) in [6.45, 7) is 12.3. The summed E-state index contributed by atoms with van der Waals surface area (Å²) in [5.74, 6) is 1.75. The van der Waals surface area contributed by atoms with Gasteiger partial charge in [-0.2, -0.15) is 10.2 Å². The van der Waals surface area contributed by atoms with E-state index in [4.69, 9.17) is 9.72 Å². The number of benzene rings is 1. The third-order valence-corrected chi connectivity index (χ3v) is 7.34. The monoisotopic (exact) mass is 525 g/mol. The van der Waals surface area contributed by atoms with Gasteiger partial charge in [-0.25, -0.2) is 14.8 Å². The van der Waals surface area contributed by atoms with Gasteiger partial charge in [0.25, 0.3) is 0 Å². The van der Waals surface area contributed by atoms with Gasteiger partial charge in [-0.05, 0) is 96.2 Å². The lowest BCUT2D eigenvalue weighted by atomic mass is 9.83. The molecule has 39 heavy (non-hydrogen) atoms. The molecule has 202 valence electrons. The average molecular weight is 526 g/mol. The van der Waals surface area contributed by atoms with E-state index in [1.165, 1.54) is 5.56 Å². The molecule has 1 fully saturated rings. The molecule has 1 saturated carbocycles. The van der Waals surface area contributed by atoms with E-state index in [1.807, 2.05) is 65.8 Å². The number of nitrogens with one attached hydrogen (secondary N) is 2. The third-order valence-electron chi connectivity index (χ3n) is 7.34. The highest BCUT2D eigenvalue weighted by molar-refractivity contribution is 5.71. The molecule has 1 aliphatic heterocycles. The number of carbonyl (C=O) groups is 1. The third kappa shape index (κ3) is 5.37. The van der Waals surface area contributed by atoms with Crippen LogP contribution in [0.1, 0.15) is 69.8 Å². The molecule has 0 atom stereocenters. The Morgan fingerprint density at radius 2 is 1.90 bits per heavy atom. The molecule has 0 unspecified atom stereocenters. The number of rotatable bonds is 5. The lowest BCUT2D eigenvalue weighted by Crippen LogP contribution is -2.51. The van der Waals surface area contributed by atoms with Gasteiger partial charge in [-0.1, -0.05) is 12.1 Å². The molecule has 0 saturated heterocycles. The first-order valence-corrected chi connectivity index (χ1v) is 13.3. The van der Waals surface area contributed by atoms with Crippen LogP contribution >= 0.6 is 0 Å². The molecule has 0 spiro atoms. The van der Waals surface area contributed by atoms with Crippen molar-refractivity contribution in [3.8, 4) is 6.07 Å². The van der Waals surface area contributed by atoms with Crippen molar-refractivity contribution < 1.29 is 9.53 Å². The molecule has 9 nitrogen and oxygen atoms in total. The van der Waals surface area contributed by atoms with E-state index in [0.717, 1.165) is 41.8 Å². The Bertz CT molecular complexity index is 1460. The molecule has 9 heteroatoms. The maximum absolute atomic E-state index is 12.9. The zero-order valence-electron chi connectivity index (χ0n) is 23.4. The first kappa shape index (κ1) is 26.4. The molecule has 2 aromatic heterocycles. The fraction of sp³-hybridized carbons (Fsp3) is 0.433. The number of hydrogen-bond donors (Lipinski definition) is 2. The topological polar surface area (TPSA) is 116 Å². The van der Waals surface area contributed by atoms with Crippen molar-refractivity contribution in [3.63, 3.8) is 0 Å². The van der Waals surface area contributed by atoms with Crippen molar-refractivity contribution in [1.29, 1.82) is 5.26 Å². The van der Waals surface area contributed by atoms with Gasteiger partial charge >= 0.3 is 6.09 Å². The van der Waals surface area contributed by atoms with Gasteiger partial charge in [0.15, 0.2) is 0 Å². The first-order chi connectivity index (χ1) is 18.4. The van der Waals surface area contributed by atoms with E-state index in [1.54, 1.807) is 11.1 Å². The van der Waals surface area contributed by atoms with E-state index in [-0.39, 0.29) is 6.09 Å².